The molecule has 4 rings (SSSR count). The fourth-order valence-corrected chi connectivity index (χ4v) is 3.85. The Morgan fingerprint density at radius 1 is 0.969 bits per heavy atom. The predicted octanol–water partition coefficient (Wildman–Crippen LogP) is 4.08. The van der Waals surface area contributed by atoms with Gasteiger partial charge in [-0.15, -0.1) is 10.2 Å². The van der Waals surface area contributed by atoms with Crippen LogP contribution in [0.25, 0.3) is 22.6 Å². The number of imidazole rings is 1. The maximum Gasteiger partial charge on any atom is 0.328 e. The fraction of sp³-hybridized carbons (Fsp3) is 0.375. The molecule has 0 saturated heterocycles. The first kappa shape index (κ1) is 21.7. The Morgan fingerprint density at radius 3 is 2.53 bits per heavy atom. The third kappa shape index (κ3) is 4.69. The molecule has 3 aromatic heterocycles. The van der Waals surface area contributed by atoms with E-state index in [-0.39, 0.29) is 5.69 Å². The van der Waals surface area contributed by atoms with Gasteiger partial charge in [0, 0.05) is 29.6 Å². The molecule has 0 amide bonds. The molecule has 8 nitrogen and oxygen atoms in total. The van der Waals surface area contributed by atoms with E-state index < -0.39 is 0 Å². The number of hydrogen-bond donors (Lipinski definition) is 1. The molecule has 1 aromatic carbocycles. The Kier molecular flexibility index (Phi) is 6.89. The van der Waals surface area contributed by atoms with Crippen LogP contribution in [0.1, 0.15) is 50.9 Å². The molecule has 0 atom stereocenters. The summed E-state index contributed by atoms with van der Waals surface area (Å²) in [6.45, 7) is 5.52. The summed E-state index contributed by atoms with van der Waals surface area (Å²) in [6, 6.07) is 13.8. The number of nitrogens with one attached hydrogen (secondary N) is 1. The number of pyridine rings is 1. The van der Waals surface area contributed by atoms with E-state index in [0.717, 1.165) is 66.9 Å². The summed E-state index contributed by atoms with van der Waals surface area (Å²) in [4.78, 5) is 18.0. The van der Waals surface area contributed by atoms with Gasteiger partial charge in [0.15, 0.2) is 0 Å². The van der Waals surface area contributed by atoms with Gasteiger partial charge in [-0.3, -0.25) is 14.1 Å². The molecule has 0 spiro atoms. The van der Waals surface area contributed by atoms with Crippen LogP contribution in [-0.2, 0) is 19.5 Å². The summed E-state index contributed by atoms with van der Waals surface area (Å²) in [5.74, 6) is 0.527. The van der Waals surface area contributed by atoms with E-state index in [0.29, 0.717) is 12.4 Å². The average molecular weight is 432 g/mol. The summed E-state index contributed by atoms with van der Waals surface area (Å²) in [5.41, 5.74) is 4.57. The molecular formula is C24H29N7O. The zero-order valence-electron chi connectivity index (χ0n) is 18.7. The molecule has 0 aliphatic rings. The number of aromatic nitrogens is 7. The van der Waals surface area contributed by atoms with Crippen molar-refractivity contribution < 1.29 is 0 Å². The second kappa shape index (κ2) is 10.2. The molecule has 0 aliphatic heterocycles. The maximum absolute atomic E-state index is 13.1. The quantitative estimate of drug-likeness (QED) is 0.408. The number of aromatic amines is 1. The lowest BCUT2D eigenvalue weighted by Crippen LogP contribution is -2.26. The van der Waals surface area contributed by atoms with Crippen LogP contribution in [0.3, 0.4) is 0 Å². The zero-order valence-corrected chi connectivity index (χ0v) is 18.7. The van der Waals surface area contributed by atoms with Crippen molar-refractivity contribution in [2.45, 2.75) is 59.0 Å². The van der Waals surface area contributed by atoms with Crippen molar-refractivity contribution in [1.29, 1.82) is 0 Å². The Balaban J connectivity index is 1.67. The molecule has 166 valence electrons. The molecular weight excluding hydrogens is 402 g/mol. The second-order valence-corrected chi connectivity index (χ2v) is 7.93. The van der Waals surface area contributed by atoms with E-state index in [1.807, 2.05) is 57.8 Å². The molecule has 0 fully saturated rings. The van der Waals surface area contributed by atoms with Crippen LogP contribution in [0.15, 0.2) is 53.5 Å². The van der Waals surface area contributed by atoms with E-state index in [4.69, 9.17) is 4.98 Å². The Hall–Kier alpha value is -3.55. The third-order valence-corrected chi connectivity index (χ3v) is 5.58. The van der Waals surface area contributed by atoms with E-state index >= 15 is 0 Å². The molecule has 0 unspecified atom stereocenters. The normalized spacial score (nSPS) is 11.2. The van der Waals surface area contributed by atoms with Gasteiger partial charge in [0.25, 0.3) is 0 Å². The monoisotopic (exact) mass is 431 g/mol. The van der Waals surface area contributed by atoms with Crippen LogP contribution in [-0.4, -0.2) is 34.7 Å². The van der Waals surface area contributed by atoms with Crippen LogP contribution in [0.4, 0.5) is 0 Å². The van der Waals surface area contributed by atoms with E-state index in [2.05, 4.69) is 34.5 Å². The van der Waals surface area contributed by atoms with Gasteiger partial charge >= 0.3 is 5.69 Å². The summed E-state index contributed by atoms with van der Waals surface area (Å²) < 4.78 is 3.73. The number of benzene rings is 1. The predicted molar refractivity (Wildman–Crippen MR) is 124 cm³/mol. The Bertz CT molecular complexity index is 1210. The molecule has 32 heavy (non-hydrogen) atoms. The van der Waals surface area contributed by atoms with Gasteiger partial charge < -0.3 is 0 Å². The Labute approximate surface area is 187 Å². The molecule has 1 N–H and O–H groups in total. The standard InChI is InChI=1S/C24H29N7O/c1-3-5-11-19-17-30(15-6-4-2)24(32)31(19)16-18-10-9-14-22(25-18)20-12-7-8-13-21(20)23-26-28-29-27-23/h7-10,12-14,17H,3-6,11,15-16H2,1-2H3,(H,26,27,28,29). The molecule has 0 aliphatic carbocycles. The summed E-state index contributed by atoms with van der Waals surface area (Å²) in [5, 5.41) is 14.4. The van der Waals surface area contributed by atoms with Gasteiger partial charge in [0.05, 0.1) is 17.9 Å². The Morgan fingerprint density at radius 2 is 1.78 bits per heavy atom. The number of nitrogens with zero attached hydrogens (tertiary/aromatic N) is 6. The number of hydrogen-bond acceptors (Lipinski definition) is 5. The van der Waals surface area contributed by atoms with Crippen molar-refractivity contribution in [3.8, 4) is 22.6 Å². The third-order valence-electron chi connectivity index (χ3n) is 5.58. The van der Waals surface area contributed by atoms with E-state index in [1.54, 1.807) is 0 Å². The topological polar surface area (TPSA) is 94.3 Å². The van der Waals surface area contributed by atoms with Crippen LogP contribution in [0.2, 0.25) is 0 Å². The van der Waals surface area contributed by atoms with Gasteiger partial charge in [0.1, 0.15) is 0 Å². The van der Waals surface area contributed by atoms with Crippen molar-refractivity contribution >= 4 is 0 Å². The minimum absolute atomic E-state index is 0.0453. The van der Waals surface area contributed by atoms with Crippen LogP contribution >= 0.6 is 0 Å². The number of rotatable bonds is 10. The number of unbranched alkanes of at least 4 members (excludes halogenated alkanes) is 2. The molecule has 0 bridgehead atoms. The highest BCUT2D eigenvalue weighted by atomic mass is 16.1. The van der Waals surface area contributed by atoms with Crippen molar-refractivity contribution in [2.24, 2.45) is 0 Å². The first-order valence-corrected chi connectivity index (χ1v) is 11.3. The van der Waals surface area contributed by atoms with Gasteiger partial charge in [-0.1, -0.05) is 57.0 Å². The molecule has 8 heteroatoms. The van der Waals surface area contributed by atoms with Crippen LogP contribution < -0.4 is 5.69 Å². The van der Waals surface area contributed by atoms with Crippen molar-refractivity contribution in [3.05, 3.63) is 70.5 Å². The lowest BCUT2D eigenvalue weighted by molar-refractivity contribution is 0.589. The van der Waals surface area contributed by atoms with Crippen molar-refractivity contribution in [2.75, 3.05) is 0 Å². The largest absolute Gasteiger partial charge is 0.328 e. The molecule has 0 saturated carbocycles. The minimum atomic E-state index is 0.0453. The summed E-state index contributed by atoms with van der Waals surface area (Å²) >= 11 is 0. The highest BCUT2D eigenvalue weighted by Gasteiger charge is 2.14. The SMILES string of the molecule is CCCCc1cn(CCCC)c(=O)n1Cc1cccc(-c2ccccc2-c2nn[nH]n2)n1. The minimum Gasteiger partial charge on any atom is -0.299 e. The second-order valence-electron chi connectivity index (χ2n) is 7.93. The van der Waals surface area contributed by atoms with Gasteiger partial charge in [-0.2, -0.15) is 5.21 Å². The molecule has 3 heterocycles. The summed E-state index contributed by atoms with van der Waals surface area (Å²) in [7, 11) is 0. The average Bonchev–Trinajstić information content (AvgIpc) is 3.46. The molecule has 4 aromatic rings. The smallest absolute Gasteiger partial charge is 0.299 e. The van der Waals surface area contributed by atoms with Crippen molar-refractivity contribution in [3.63, 3.8) is 0 Å². The van der Waals surface area contributed by atoms with Gasteiger partial charge in [0.2, 0.25) is 5.82 Å². The van der Waals surface area contributed by atoms with Crippen LogP contribution in [0, 0.1) is 0 Å². The lowest BCUT2D eigenvalue weighted by atomic mass is 10.0. The van der Waals surface area contributed by atoms with Gasteiger partial charge in [-0.05, 0) is 36.6 Å². The maximum atomic E-state index is 13.1. The first-order valence-electron chi connectivity index (χ1n) is 11.3. The fourth-order valence-electron chi connectivity index (χ4n) is 3.85. The van der Waals surface area contributed by atoms with Crippen molar-refractivity contribution in [1.82, 2.24) is 34.7 Å². The van der Waals surface area contributed by atoms with Gasteiger partial charge in [-0.25, -0.2) is 4.79 Å². The highest BCUT2D eigenvalue weighted by Crippen LogP contribution is 2.28. The first-order chi connectivity index (χ1) is 15.7. The lowest BCUT2D eigenvalue weighted by Gasteiger charge is -2.10. The summed E-state index contributed by atoms with van der Waals surface area (Å²) in [6.07, 6.45) is 7.13. The van der Waals surface area contributed by atoms with E-state index in [9.17, 15) is 4.79 Å². The number of tetrazole rings is 1. The highest BCUT2D eigenvalue weighted by molar-refractivity contribution is 5.78. The number of aryl methyl sites for hydroxylation is 2. The van der Waals surface area contributed by atoms with E-state index in [1.165, 1.54) is 0 Å². The van der Waals surface area contributed by atoms with Crippen LogP contribution in [0.5, 0.6) is 0 Å². The number of H-pyrrole nitrogens is 1. The zero-order chi connectivity index (χ0) is 22.3. The molecule has 0 radical (unpaired) electrons.